The minimum atomic E-state index is -1.74. The summed E-state index contributed by atoms with van der Waals surface area (Å²) in [6.45, 7) is 10.2. The molecule has 2 aromatic heterocycles. The Morgan fingerprint density at radius 2 is 1.27 bits per heavy atom. The van der Waals surface area contributed by atoms with Gasteiger partial charge in [0, 0.05) is 54.9 Å². The Bertz CT molecular complexity index is 2650. The van der Waals surface area contributed by atoms with Crippen LogP contribution in [0.5, 0.6) is 0 Å². The summed E-state index contributed by atoms with van der Waals surface area (Å²) in [6.07, 6.45) is 3.98. The second-order valence-electron chi connectivity index (χ2n) is 21.1. The molecule has 440 valence electrons. The highest BCUT2D eigenvalue weighted by Gasteiger charge is 2.41. The number of aliphatic imine (C=N–C) groups is 1. The van der Waals surface area contributed by atoms with Crippen molar-refractivity contribution in [2.24, 2.45) is 45.7 Å². The summed E-state index contributed by atoms with van der Waals surface area (Å²) in [5, 5.41) is 39.0. The summed E-state index contributed by atoms with van der Waals surface area (Å²) in [5.41, 5.74) is 23.8. The first-order valence-electron chi connectivity index (χ1n) is 26.7. The lowest BCUT2D eigenvalue weighted by molar-refractivity contribution is -0.143. The largest absolute Gasteiger partial charge is 0.480 e. The van der Waals surface area contributed by atoms with Gasteiger partial charge in [0.25, 0.3) is 0 Å². The maximum atomic E-state index is 14.6. The van der Waals surface area contributed by atoms with Crippen molar-refractivity contribution in [1.82, 2.24) is 57.1 Å². The molecule has 1 aliphatic rings. The van der Waals surface area contributed by atoms with Crippen molar-refractivity contribution in [3.05, 3.63) is 54.2 Å². The van der Waals surface area contributed by atoms with Gasteiger partial charge in [0.2, 0.25) is 53.2 Å². The van der Waals surface area contributed by atoms with E-state index < -0.39 is 127 Å². The van der Waals surface area contributed by atoms with E-state index in [1.54, 1.807) is 58.2 Å². The maximum Gasteiger partial charge on any atom is 0.326 e. The predicted molar refractivity (Wildman–Crippen MR) is 293 cm³/mol. The van der Waals surface area contributed by atoms with Crippen LogP contribution in [0.2, 0.25) is 0 Å². The van der Waals surface area contributed by atoms with Crippen molar-refractivity contribution >= 4 is 76.0 Å². The highest BCUT2D eigenvalue weighted by Crippen LogP contribution is 2.23. The number of nitrogens with two attached hydrogens (primary N) is 4. The number of carbonyl (C=O) groups excluding carboxylic acids is 9. The summed E-state index contributed by atoms with van der Waals surface area (Å²) in [6, 6.07) is -5.15. The number of aliphatic hydroxyl groups is 1. The molecule has 0 spiro atoms. The van der Waals surface area contributed by atoms with E-state index >= 15 is 0 Å². The summed E-state index contributed by atoms with van der Waals surface area (Å²) in [4.78, 5) is 151. The number of aromatic nitrogens is 3. The molecule has 0 unspecified atom stereocenters. The van der Waals surface area contributed by atoms with Crippen LogP contribution in [0.4, 0.5) is 0 Å². The number of benzene rings is 1. The zero-order valence-corrected chi connectivity index (χ0v) is 46.1. The van der Waals surface area contributed by atoms with Gasteiger partial charge >= 0.3 is 5.97 Å². The number of carboxylic acids is 1. The number of imidazole rings is 1. The third-order valence-electron chi connectivity index (χ3n) is 13.3. The number of amides is 9. The molecular formula is C52H80N16O12. The van der Waals surface area contributed by atoms with Gasteiger partial charge in [-0.3, -0.25) is 48.1 Å². The van der Waals surface area contributed by atoms with Crippen LogP contribution in [0.25, 0.3) is 10.9 Å². The van der Waals surface area contributed by atoms with Crippen molar-refractivity contribution in [1.29, 1.82) is 0 Å². The number of H-pyrrole nitrogens is 2. The zero-order valence-electron chi connectivity index (χ0n) is 46.1. The first kappa shape index (κ1) is 64.4. The van der Waals surface area contributed by atoms with Gasteiger partial charge in [-0.25, -0.2) is 9.78 Å². The number of nitrogens with zero attached hydrogens (tertiary/aromatic N) is 3. The molecule has 1 aromatic carbocycles. The standard InChI is InChI=1S/C52H80N16O12/c1-26(2)17-34(65-48(76)40-14-10-16-68(40)50(78)38(18-27(3)4)66-49(77)42(54)28(5)6)43(71)67-39(24-69)47(75)62-35(19-29-22-59-32-12-8-7-11-31(29)32)44(72)63-36(20-30-23-57-25-60-30)45(73)64-37(21-41(53)70)46(74)61-33(51(79)80)13-9-15-58-52(55)56/h7-8,11-12,22-23,25-28,33-40,42,59,69H,9-10,13-21,24,54H2,1-6H3,(H2,53,70)(H,57,60)(H,61,74)(H,62,75)(H,63,72)(H,64,73)(H,65,76)(H,66,77)(H,67,71)(H,79,80)(H4,55,56,58)/t33-,34-,35-,36-,37-,38-,39-,40-,42-/m0/s1. The number of para-hydroxylation sites is 1. The first-order chi connectivity index (χ1) is 37.8. The van der Waals surface area contributed by atoms with Crippen LogP contribution in [-0.4, -0.2) is 169 Å². The highest BCUT2D eigenvalue weighted by molar-refractivity contribution is 5.99. The fourth-order valence-electron chi connectivity index (χ4n) is 9.02. The fraction of sp³-hybridized carbons (Fsp3) is 0.577. The Labute approximate surface area is 463 Å². The van der Waals surface area contributed by atoms with E-state index in [-0.39, 0.29) is 81.7 Å². The van der Waals surface area contributed by atoms with Gasteiger partial charge in [0.15, 0.2) is 5.96 Å². The Hall–Kier alpha value is -8.14. The van der Waals surface area contributed by atoms with Gasteiger partial charge in [-0.15, -0.1) is 0 Å². The summed E-state index contributed by atoms with van der Waals surface area (Å²) >= 11 is 0. The molecular weight excluding hydrogens is 1040 g/mol. The molecule has 4 rings (SSSR count). The number of hydrogen-bond donors (Lipinski definition) is 15. The quantitative estimate of drug-likeness (QED) is 0.0170. The summed E-state index contributed by atoms with van der Waals surface area (Å²) in [5.74, 6) is -9.76. The van der Waals surface area contributed by atoms with Crippen molar-refractivity contribution in [3.63, 3.8) is 0 Å². The van der Waals surface area contributed by atoms with Gasteiger partial charge in [-0.05, 0) is 67.9 Å². The van der Waals surface area contributed by atoms with Crippen LogP contribution in [0.1, 0.15) is 97.7 Å². The fourth-order valence-corrected chi connectivity index (χ4v) is 9.02. The number of carboxylic acid groups (broad SMARTS) is 1. The number of aliphatic carboxylic acids is 1. The van der Waals surface area contributed by atoms with E-state index in [2.05, 4.69) is 57.2 Å². The van der Waals surface area contributed by atoms with Gasteiger partial charge in [0.1, 0.15) is 48.3 Å². The molecule has 3 heterocycles. The second kappa shape index (κ2) is 30.9. The molecule has 28 heteroatoms. The third kappa shape index (κ3) is 19.6. The Morgan fingerprint density at radius 3 is 1.86 bits per heavy atom. The molecule has 1 saturated heterocycles. The van der Waals surface area contributed by atoms with Crippen LogP contribution in [0.15, 0.2) is 48.0 Å². The van der Waals surface area contributed by atoms with Crippen LogP contribution in [0, 0.1) is 17.8 Å². The molecule has 1 aliphatic heterocycles. The number of hydrogen-bond acceptors (Lipinski definition) is 14. The van der Waals surface area contributed by atoms with E-state index in [0.29, 0.717) is 28.6 Å². The lowest BCUT2D eigenvalue weighted by Crippen LogP contribution is -2.61. The number of nitrogens with one attached hydrogen (secondary N) is 9. The van der Waals surface area contributed by atoms with Gasteiger partial charge in [0.05, 0.1) is 25.4 Å². The minimum absolute atomic E-state index is 0.0151. The summed E-state index contributed by atoms with van der Waals surface area (Å²) < 4.78 is 0. The SMILES string of the molecule is CC(C)C[C@H](NC(=O)[C@@H]1CCCN1C(=O)[C@H](CC(C)C)NC(=O)[C@@H](N)C(C)C)C(=O)N[C@@H](CO)C(=O)N[C@@H](Cc1c[nH]c2ccccc12)C(=O)N[C@@H](Cc1cnc[nH]1)C(=O)N[C@@H](CC(N)=O)C(=O)N[C@@H](CCCN=C(N)N)C(=O)O. The van der Waals surface area contributed by atoms with Crippen LogP contribution < -0.4 is 60.2 Å². The number of aromatic amines is 2. The van der Waals surface area contributed by atoms with Gasteiger partial charge < -0.3 is 85.2 Å². The van der Waals surface area contributed by atoms with Crippen molar-refractivity contribution < 1.29 is 58.2 Å². The third-order valence-corrected chi connectivity index (χ3v) is 13.3. The second-order valence-corrected chi connectivity index (χ2v) is 21.1. The number of primary amides is 1. The topological polar surface area (TPSA) is 460 Å². The average molecular weight is 1120 g/mol. The normalized spacial score (nSPS) is 16.3. The number of carbonyl (C=O) groups is 10. The molecule has 28 nitrogen and oxygen atoms in total. The van der Waals surface area contributed by atoms with E-state index in [1.807, 2.05) is 13.8 Å². The molecule has 9 atom stereocenters. The predicted octanol–water partition coefficient (Wildman–Crippen LogP) is -2.86. The zero-order chi connectivity index (χ0) is 59.4. The number of fused-ring (bicyclic) bond motifs is 1. The Balaban J connectivity index is 1.59. The highest BCUT2D eigenvalue weighted by atomic mass is 16.4. The molecule has 9 amide bonds. The van der Waals surface area contributed by atoms with Gasteiger partial charge in [-0.1, -0.05) is 59.7 Å². The van der Waals surface area contributed by atoms with Gasteiger partial charge in [-0.2, -0.15) is 0 Å². The number of aliphatic hydroxyl groups excluding tert-OH is 1. The van der Waals surface area contributed by atoms with Crippen molar-refractivity contribution in [3.8, 4) is 0 Å². The van der Waals surface area contributed by atoms with Crippen LogP contribution in [-0.2, 0) is 60.8 Å². The number of rotatable bonds is 32. The molecule has 19 N–H and O–H groups in total. The van der Waals surface area contributed by atoms with E-state index in [0.717, 1.165) is 0 Å². The number of likely N-dealkylation sites (tertiary alicyclic amines) is 1. The molecule has 0 bridgehead atoms. The molecule has 0 aliphatic carbocycles. The molecule has 0 saturated carbocycles. The average Bonchev–Trinajstić information content (AvgIpc) is 4.25. The number of guanidine groups is 1. The molecule has 1 fully saturated rings. The lowest BCUT2D eigenvalue weighted by Gasteiger charge is -2.31. The Morgan fingerprint density at radius 1 is 0.713 bits per heavy atom. The molecule has 3 aromatic rings. The van der Waals surface area contributed by atoms with E-state index in [1.165, 1.54) is 17.4 Å². The first-order valence-corrected chi connectivity index (χ1v) is 26.7. The summed E-state index contributed by atoms with van der Waals surface area (Å²) in [7, 11) is 0. The monoisotopic (exact) mass is 1120 g/mol. The lowest BCUT2D eigenvalue weighted by atomic mass is 9.99. The van der Waals surface area contributed by atoms with Crippen LogP contribution in [0.3, 0.4) is 0 Å². The smallest absolute Gasteiger partial charge is 0.326 e. The van der Waals surface area contributed by atoms with E-state index in [4.69, 9.17) is 22.9 Å². The van der Waals surface area contributed by atoms with Crippen molar-refractivity contribution in [2.75, 3.05) is 19.7 Å². The Kier molecular flexibility index (Phi) is 24.8. The molecule has 80 heavy (non-hydrogen) atoms. The van der Waals surface area contributed by atoms with Crippen LogP contribution >= 0.6 is 0 Å². The van der Waals surface area contributed by atoms with Crippen molar-refractivity contribution in [2.45, 2.75) is 154 Å². The maximum absolute atomic E-state index is 14.6. The minimum Gasteiger partial charge on any atom is -0.480 e. The van der Waals surface area contributed by atoms with E-state index in [9.17, 15) is 58.2 Å². The molecule has 0 radical (unpaired) electrons.